The summed E-state index contributed by atoms with van der Waals surface area (Å²) >= 11 is 0. The van der Waals surface area contributed by atoms with Crippen molar-refractivity contribution in [1.82, 2.24) is 0 Å². The molecular formula is C17H18O3. The Hall–Kier alpha value is -1.61. The Balaban J connectivity index is 1.81. The first-order chi connectivity index (χ1) is 9.60. The number of aliphatic carboxylic acids is 1. The Bertz CT molecular complexity index is 610. The number of rotatable bonds is 4. The third kappa shape index (κ3) is 1.27. The van der Waals surface area contributed by atoms with E-state index in [4.69, 9.17) is 4.74 Å². The SMILES string of the molecule is COCC1=CC2C=CC1(C13C=CC(C1)C(C(=O)O)=C3)C2. The molecule has 0 saturated heterocycles. The van der Waals surface area contributed by atoms with E-state index in [0.29, 0.717) is 18.1 Å². The van der Waals surface area contributed by atoms with Gasteiger partial charge in [0.25, 0.3) is 0 Å². The molecular weight excluding hydrogens is 252 g/mol. The summed E-state index contributed by atoms with van der Waals surface area (Å²) < 4.78 is 5.38. The minimum Gasteiger partial charge on any atom is -0.478 e. The van der Waals surface area contributed by atoms with Gasteiger partial charge in [-0.2, -0.15) is 0 Å². The van der Waals surface area contributed by atoms with Crippen molar-refractivity contribution in [3.63, 3.8) is 0 Å². The summed E-state index contributed by atoms with van der Waals surface area (Å²) in [6.45, 7) is 0.636. The number of hydrogen-bond acceptors (Lipinski definition) is 2. The van der Waals surface area contributed by atoms with Gasteiger partial charge in [0, 0.05) is 29.4 Å². The molecule has 4 rings (SSSR count). The number of allylic oxidation sites excluding steroid dienone is 6. The summed E-state index contributed by atoms with van der Waals surface area (Å²) in [5.74, 6) is -0.200. The van der Waals surface area contributed by atoms with Crippen LogP contribution >= 0.6 is 0 Å². The summed E-state index contributed by atoms with van der Waals surface area (Å²) in [5, 5.41) is 9.37. The Morgan fingerprint density at radius 1 is 1.40 bits per heavy atom. The van der Waals surface area contributed by atoms with Gasteiger partial charge in [-0.05, 0) is 24.3 Å². The van der Waals surface area contributed by atoms with Crippen molar-refractivity contribution in [1.29, 1.82) is 0 Å². The second kappa shape index (κ2) is 3.73. The lowest BCUT2D eigenvalue weighted by molar-refractivity contribution is -0.133. The molecule has 1 N–H and O–H groups in total. The van der Waals surface area contributed by atoms with Crippen LogP contribution in [0.25, 0.3) is 0 Å². The molecule has 0 spiro atoms. The van der Waals surface area contributed by atoms with Gasteiger partial charge in [0.1, 0.15) is 0 Å². The van der Waals surface area contributed by atoms with Crippen molar-refractivity contribution < 1.29 is 14.6 Å². The summed E-state index contributed by atoms with van der Waals surface area (Å²) in [4.78, 5) is 11.4. The highest BCUT2D eigenvalue weighted by atomic mass is 16.5. The van der Waals surface area contributed by atoms with Crippen LogP contribution in [0, 0.1) is 22.7 Å². The second-order valence-electron chi connectivity index (χ2n) is 6.44. The minimum atomic E-state index is -0.772. The first-order valence-corrected chi connectivity index (χ1v) is 7.15. The molecule has 4 aliphatic carbocycles. The summed E-state index contributed by atoms with van der Waals surface area (Å²) in [7, 11) is 1.72. The van der Waals surface area contributed by atoms with Crippen LogP contribution in [0.15, 0.2) is 47.6 Å². The molecule has 3 heteroatoms. The van der Waals surface area contributed by atoms with Crippen LogP contribution in [0.3, 0.4) is 0 Å². The fourth-order valence-electron chi connectivity index (χ4n) is 4.70. The molecule has 0 fully saturated rings. The van der Waals surface area contributed by atoms with Gasteiger partial charge in [-0.25, -0.2) is 4.79 Å². The van der Waals surface area contributed by atoms with E-state index in [1.807, 2.05) is 6.08 Å². The number of fused-ring (bicyclic) bond motifs is 5. The van der Waals surface area contributed by atoms with Crippen molar-refractivity contribution >= 4 is 5.97 Å². The molecule has 0 aromatic rings. The van der Waals surface area contributed by atoms with Crippen LogP contribution in [0.2, 0.25) is 0 Å². The maximum absolute atomic E-state index is 11.4. The Morgan fingerprint density at radius 2 is 2.25 bits per heavy atom. The van der Waals surface area contributed by atoms with Gasteiger partial charge in [0.2, 0.25) is 0 Å². The van der Waals surface area contributed by atoms with Gasteiger partial charge in [-0.15, -0.1) is 0 Å². The lowest BCUT2D eigenvalue weighted by Crippen LogP contribution is -2.36. The molecule has 20 heavy (non-hydrogen) atoms. The molecule has 104 valence electrons. The highest BCUT2D eigenvalue weighted by molar-refractivity contribution is 5.89. The Morgan fingerprint density at radius 3 is 2.90 bits per heavy atom. The lowest BCUT2D eigenvalue weighted by Gasteiger charge is -2.42. The fraction of sp³-hybridized carbons (Fsp3) is 0.471. The zero-order valence-electron chi connectivity index (χ0n) is 11.5. The largest absolute Gasteiger partial charge is 0.478 e. The number of hydrogen-bond donors (Lipinski definition) is 1. The predicted octanol–water partition coefficient (Wildman–Crippen LogP) is 2.72. The zero-order chi connectivity index (χ0) is 14.0. The first-order valence-electron chi connectivity index (χ1n) is 7.15. The summed E-state index contributed by atoms with van der Waals surface area (Å²) in [6, 6.07) is 0. The van der Waals surface area contributed by atoms with Crippen LogP contribution in [-0.2, 0) is 9.53 Å². The van der Waals surface area contributed by atoms with Crippen LogP contribution in [-0.4, -0.2) is 24.8 Å². The maximum Gasteiger partial charge on any atom is 0.331 e. The Labute approximate surface area is 118 Å². The van der Waals surface area contributed by atoms with E-state index >= 15 is 0 Å². The van der Waals surface area contributed by atoms with Gasteiger partial charge in [0.15, 0.2) is 0 Å². The number of carboxylic acid groups (broad SMARTS) is 1. The van der Waals surface area contributed by atoms with Crippen molar-refractivity contribution in [2.24, 2.45) is 22.7 Å². The molecule has 4 unspecified atom stereocenters. The van der Waals surface area contributed by atoms with E-state index in [-0.39, 0.29) is 16.7 Å². The number of carboxylic acids is 1. The quantitative estimate of drug-likeness (QED) is 0.799. The topological polar surface area (TPSA) is 46.5 Å². The van der Waals surface area contributed by atoms with Crippen molar-refractivity contribution in [3.8, 4) is 0 Å². The van der Waals surface area contributed by atoms with Gasteiger partial charge < -0.3 is 9.84 Å². The number of ether oxygens (including phenoxy) is 1. The highest BCUT2D eigenvalue weighted by Gasteiger charge is 2.59. The van der Waals surface area contributed by atoms with E-state index in [1.54, 1.807) is 7.11 Å². The number of methoxy groups -OCH3 is 1. The van der Waals surface area contributed by atoms with Gasteiger partial charge >= 0.3 is 5.97 Å². The smallest absolute Gasteiger partial charge is 0.331 e. The molecule has 0 aliphatic heterocycles. The number of carbonyl (C=O) groups is 1. The van der Waals surface area contributed by atoms with E-state index in [1.165, 1.54) is 5.57 Å². The van der Waals surface area contributed by atoms with Crippen LogP contribution in [0.5, 0.6) is 0 Å². The summed E-state index contributed by atoms with van der Waals surface area (Å²) in [6.07, 6.45) is 15.2. The molecule has 4 aliphatic rings. The van der Waals surface area contributed by atoms with Gasteiger partial charge in [-0.1, -0.05) is 36.5 Å². The van der Waals surface area contributed by atoms with Crippen molar-refractivity contribution in [2.45, 2.75) is 12.8 Å². The molecule has 0 aromatic carbocycles. The predicted molar refractivity (Wildman–Crippen MR) is 75.0 cm³/mol. The molecule has 4 atom stereocenters. The van der Waals surface area contributed by atoms with E-state index in [0.717, 1.165) is 12.8 Å². The molecule has 0 radical (unpaired) electrons. The van der Waals surface area contributed by atoms with E-state index < -0.39 is 5.97 Å². The average molecular weight is 270 g/mol. The average Bonchev–Trinajstić information content (AvgIpc) is 3.17. The van der Waals surface area contributed by atoms with E-state index in [2.05, 4.69) is 30.4 Å². The van der Waals surface area contributed by atoms with Gasteiger partial charge in [-0.3, -0.25) is 0 Å². The van der Waals surface area contributed by atoms with E-state index in [9.17, 15) is 9.90 Å². The molecule has 0 heterocycles. The fourth-order valence-corrected chi connectivity index (χ4v) is 4.70. The minimum absolute atomic E-state index is 0.0594. The normalized spacial score (nSPS) is 43.2. The standard InChI is InChI=1S/C17H18O3/c1-20-10-13-6-11-2-5-17(13,7-11)16-4-3-12(8-16)14(9-16)15(18)19/h2-6,9,11-12H,7-8,10H2,1H3,(H,18,19). The lowest BCUT2D eigenvalue weighted by atomic mass is 9.61. The Kier molecular flexibility index (Phi) is 2.27. The monoisotopic (exact) mass is 270 g/mol. The van der Waals surface area contributed by atoms with Gasteiger partial charge in [0.05, 0.1) is 6.61 Å². The first kappa shape index (κ1) is 12.2. The molecule has 4 bridgehead atoms. The van der Waals surface area contributed by atoms with Crippen LogP contribution in [0.4, 0.5) is 0 Å². The van der Waals surface area contributed by atoms with Crippen LogP contribution < -0.4 is 0 Å². The van der Waals surface area contributed by atoms with Crippen molar-refractivity contribution in [2.75, 3.05) is 13.7 Å². The summed E-state index contributed by atoms with van der Waals surface area (Å²) in [5.41, 5.74) is 1.68. The third-order valence-corrected chi connectivity index (χ3v) is 5.55. The second-order valence-corrected chi connectivity index (χ2v) is 6.44. The molecule has 0 saturated carbocycles. The van der Waals surface area contributed by atoms with Crippen molar-refractivity contribution in [3.05, 3.63) is 47.6 Å². The highest BCUT2D eigenvalue weighted by Crippen LogP contribution is 2.67. The third-order valence-electron chi connectivity index (χ3n) is 5.55. The molecule has 3 nitrogen and oxygen atoms in total. The van der Waals surface area contributed by atoms with Crippen LogP contribution in [0.1, 0.15) is 12.8 Å². The molecule has 0 aromatic heterocycles. The maximum atomic E-state index is 11.4. The molecule has 0 amide bonds. The zero-order valence-corrected chi connectivity index (χ0v) is 11.5.